The quantitative estimate of drug-likeness (QED) is 0.263. The highest BCUT2D eigenvalue weighted by atomic mass is 19.1. The third-order valence-electron chi connectivity index (χ3n) is 6.65. The van der Waals surface area contributed by atoms with Crippen LogP contribution in [0.15, 0.2) is 66.9 Å². The summed E-state index contributed by atoms with van der Waals surface area (Å²) in [7, 11) is 3.11. The molecule has 0 spiro atoms. The van der Waals surface area contributed by atoms with Gasteiger partial charge in [0.2, 0.25) is 5.91 Å². The number of amides is 2. The zero-order valence-corrected chi connectivity index (χ0v) is 20.7. The van der Waals surface area contributed by atoms with Crippen LogP contribution in [0.4, 0.5) is 15.8 Å². The second kappa shape index (κ2) is 9.89. The number of carbonyl (C=O) groups is 2. The Kier molecular flexibility index (Phi) is 6.46. The molecule has 9 nitrogen and oxygen atoms in total. The van der Waals surface area contributed by atoms with Crippen molar-refractivity contribution in [1.29, 1.82) is 0 Å². The van der Waals surface area contributed by atoms with Crippen LogP contribution < -0.4 is 9.64 Å². The fourth-order valence-electron chi connectivity index (χ4n) is 4.79. The van der Waals surface area contributed by atoms with Crippen LogP contribution in [-0.4, -0.2) is 40.8 Å². The molecule has 38 heavy (non-hydrogen) atoms. The van der Waals surface area contributed by atoms with E-state index in [0.717, 1.165) is 5.56 Å². The molecule has 0 bridgehead atoms. The van der Waals surface area contributed by atoms with Crippen LogP contribution in [-0.2, 0) is 24.3 Å². The highest BCUT2D eigenvalue weighted by Crippen LogP contribution is 2.44. The Morgan fingerprint density at radius 2 is 1.82 bits per heavy atom. The van der Waals surface area contributed by atoms with Crippen LogP contribution in [0.25, 0.3) is 10.9 Å². The molecule has 0 saturated heterocycles. The van der Waals surface area contributed by atoms with Gasteiger partial charge in [0.05, 0.1) is 29.7 Å². The predicted octanol–water partition coefficient (Wildman–Crippen LogP) is 4.65. The van der Waals surface area contributed by atoms with Crippen molar-refractivity contribution in [2.45, 2.75) is 19.5 Å². The highest BCUT2D eigenvalue weighted by Gasteiger charge is 2.37. The van der Waals surface area contributed by atoms with E-state index in [-0.39, 0.29) is 42.8 Å². The molecule has 1 aliphatic heterocycles. The van der Waals surface area contributed by atoms with Gasteiger partial charge < -0.3 is 14.5 Å². The Labute approximate surface area is 217 Å². The van der Waals surface area contributed by atoms with Gasteiger partial charge in [0.25, 0.3) is 11.6 Å². The number of nitro groups is 1. The molecule has 2 amide bonds. The fraction of sp³-hybridized carbons (Fsp3) is 0.179. The van der Waals surface area contributed by atoms with Crippen molar-refractivity contribution in [3.63, 3.8) is 0 Å². The number of fused-ring (bicyclic) bond motifs is 2. The van der Waals surface area contributed by atoms with Gasteiger partial charge >= 0.3 is 0 Å². The summed E-state index contributed by atoms with van der Waals surface area (Å²) in [5.41, 5.74) is 3.30. The Balaban J connectivity index is 1.55. The van der Waals surface area contributed by atoms with Crippen LogP contribution in [0.1, 0.15) is 27.0 Å². The lowest BCUT2D eigenvalue weighted by molar-refractivity contribution is -0.384. The predicted molar refractivity (Wildman–Crippen MR) is 138 cm³/mol. The maximum absolute atomic E-state index is 13.6. The summed E-state index contributed by atoms with van der Waals surface area (Å²) in [5.74, 6) is -0.562. The van der Waals surface area contributed by atoms with Crippen molar-refractivity contribution >= 4 is 34.1 Å². The molecule has 0 radical (unpaired) electrons. The standard InChI is InChI=1S/C28H23FN4O5/c1-31(23(34)14-17-7-11-20(12-8-17)33(36)37)26-21-4-3-13-30-25(21)27(38-2)24-22(26)16-32(28(24)35)15-18-5-9-19(29)10-6-18/h3-13H,14-16H2,1-2H3. The summed E-state index contributed by atoms with van der Waals surface area (Å²) in [6.45, 7) is 0.470. The van der Waals surface area contributed by atoms with Crippen molar-refractivity contribution in [3.8, 4) is 5.75 Å². The van der Waals surface area contributed by atoms with Crippen molar-refractivity contribution in [2.24, 2.45) is 0 Å². The van der Waals surface area contributed by atoms with Gasteiger partial charge in [-0.05, 0) is 35.4 Å². The molecule has 4 aromatic rings. The molecule has 0 saturated carbocycles. The van der Waals surface area contributed by atoms with Gasteiger partial charge in [0, 0.05) is 49.4 Å². The number of nitro benzene ring substituents is 1. The van der Waals surface area contributed by atoms with Gasteiger partial charge in [-0.15, -0.1) is 0 Å². The summed E-state index contributed by atoms with van der Waals surface area (Å²) >= 11 is 0. The van der Waals surface area contributed by atoms with Crippen molar-refractivity contribution < 1.29 is 23.6 Å². The lowest BCUT2D eigenvalue weighted by atomic mass is 9.99. The summed E-state index contributed by atoms with van der Waals surface area (Å²) in [4.78, 5) is 45.1. The molecule has 0 unspecified atom stereocenters. The number of non-ortho nitro benzene ring substituents is 1. The molecule has 3 aromatic carbocycles. The molecule has 1 aliphatic rings. The molecular formula is C28H23FN4O5. The fourth-order valence-corrected chi connectivity index (χ4v) is 4.79. The van der Waals surface area contributed by atoms with E-state index in [4.69, 9.17) is 4.74 Å². The summed E-state index contributed by atoms with van der Waals surface area (Å²) < 4.78 is 19.1. The summed E-state index contributed by atoms with van der Waals surface area (Å²) in [6.07, 6.45) is 1.60. The van der Waals surface area contributed by atoms with Gasteiger partial charge in [-0.25, -0.2) is 4.39 Å². The van der Waals surface area contributed by atoms with E-state index < -0.39 is 4.92 Å². The molecule has 2 heterocycles. The van der Waals surface area contributed by atoms with Crippen LogP contribution in [0, 0.1) is 15.9 Å². The number of nitrogens with zero attached hydrogens (tertiary/aromatic N) is 4. The van der Waals surface area contributed by atoms with Gasteiger partial charge in [-0.3, -0.25) is 24.7 Å². The van der Waals surface area contributed by atoms with Crippen LogP contribution in [0.5, 0.6) is 5.75 Å². The molecule has 0 fully saturated rings. The number of ether oxygens (including phenoxy) is 1. The maximum Gasteiger partial charge on any atom is 0.269 e. The zero-order chi connectivity index (χ0) is 27.0. The first-order chi connectivity index (χ1) is 18.3. The Hall–Kier alpha value is -4.86. The lowest BCUT2D eigenvalue weighted by Crippen LogP contribution is -2.29. The third kappa shape index (κ3) is 4.40. The average Bonchev–Trinajstić information content (AvgIpc) is 3.23. The van der Waals surface area contributed by atoms with Gasteiger partial charge in [-0.2, -0.15) is 0 Å². The van der Waals surface area contributed by atoms with E-state index in [2.05, 4.69) is 4.98 Å². The van der Waals surface area contributed by atoms with Gasteiger partial charge in [-0.1, -0.05) is 24.3 Å². The minimum atomic E-state index is -0.494. The van der Waals surface area contributed by atoms with Gasteiger partial charge in [0.15, 0.2) is 5.75 Å². The number of benzene rings is 3. The van der Waals surface area contributed by atoms with Crippen molar-refractivity contribution in [1.82, 2.24) is 9.88 Å². The lowest BCUT2D eigenvalue weighted by Gasteiger charge is -2.23. The van der Waals surface area contributed by atoms with E-state index in [0.29, 0.717) is 39.0 Å². The number of anilines is 1. The zero-order valence-electron chi connectivity index (χ0n) is 20.7. The number of carbonyl (C=O) groups excluding carboxylic acids is 2. The van der Waals surface area contributed by atoms with Crippen LogP contribution in [0.2, 0.25) is 0 Å². The molecule has 0 aliphatic carbocycles. The second-order valence-corrected chi connectivity index (χ2v) is 8.98. The molecule has 0 atom stereocenters. The first kappa shape index (κ1) is 24.8. The number of aromatic nitrogens is 1. The molecular weight excluding hydrogens is 491 g/mol. The monoisotopic (exact) mass is 514 g/mol. The number of pyridine rings is 1. The first-order valence-corrected chi connectivity index (χ1v) is 11.8. The molecule has 5 rings (SSSR count). The minimum absolute atomic E-state index is 0.00426. The number of hydrogen-bond donors (Lipinski definition) is 0. The van der Waals surface area contributed by atoms with E-state index in [1.54, 1.807) is 48.5 Å². The smallest absolute Gasteiger partial charge is 0.269 e. The van der Waals surface area contributed by atoms with E-state index in [1.807, 2.05) is 6.07 Å². The van der Waals surface area contributed by atoms with E-state index in [9.17, 15) is 24.1 Å². The minimum Gasteiger partial charge on any atom is -0.494 e. The highest BCUT2D eigenvalue weighted by molar-refractivity contribution is 6.14. The van der Waals surface area contributed by atoms with Crippen molar-refractivity contribution in [2.75, 3.05) is 19.1 Å². The molecule has 1 aromatic heterocycles. The van der Waals surface area contributed by atoms with Crippen LogP contribution in [0.3, 0.4) is 0 Å². The molecule has 10 heteroatoms. The number of likely N-dealkylation sites (N-methyl/N-ethyl adjacent to an activating group) is 1. The SMILES string of the molecule is COc1c2c(c(N(C)C(=O)Cc3ccc([N+](=O)[O-])cc3)c3cccnc13)CN(Cc1ccc(F)cc1)C2=O. The maximum atomic E-state index is 13.6. The summed E-state index contributed by atoms with van der Waals surface area (Å²) in [5, 5.41) is 11.6. The largest absolute Gasteiger partial charge is 0.494 e. The summed E-state index contributed by atoms with van der Waals surface area (Å²) in [6, 6.07) is 15.3. The Morgan fingerprint density at radius 3 is 2.47 bits per heavy atom. The Bertz CT molecular complexity index is 1570. The topological polar surface area (TPSA) is 106 Å². The van der Waals surface area contributed by atoms with E-state index >= 15 is 0 Å². The number of halogens is 1. The average molecular weight is 515 g/mol. The number of methoxy groups -OCH3 is 1. The normalized spacial score (nSPS) is 12.5. The van der Waals surface area contributed by atoms with Gasteiger partial charge in [0.1, 0.15) is 11.3 Å². The Morgan fingerprint density at radius 1 is 1.13 bits per heavy atom. The number of rotatable bonds is 7. The third-order valence-corrected chi connectivity index (χ3v) is 6.65. The molecule has 0 N–H and O–H groups in total. The van der Waals surface area contributed by atoms with Crippen LogP contribution >= 0.6 is 0 Å². The first-order valence-electron chi connectivity index (χ1n) is 11.8. The number of hydrogen-bond acceptors (Lipinski definition) is 6. The molecule has 192 valence electrons. The second-order valence-electron chi connectivity index (χ2n) is 8.98. The van der Waals surface area contributed by atoms with Crippen molar-refractivity contribution in [3.05, 3.63) is 105 Å². The van der Waals surface area contributed by atoms with E-state index in [1.165, 1.54) is 36.3 Å².